The monoisotopic (exact) mass is 601 g/mol. The number of ether oxygens (including phenoxy) is 2. The summed E-state index contributed by atoms with van der Waals surface area (Å²) >= 11 is 0. The van der Waals surface area contributed by atoms with Crippen molar-refractivity contribution in [2.75, 3.05) is 18.4 Å². The summed E-state index contributed by atoms with van der Waals surface area (Å²) in [5.74, 6) is 0.450. The summed E-state index contributed by atoms with van der Waals surface area (Å²) in [5.41, 5.74) is 4.38. The first kappa shape index (κ1) is 30.0. The van der Waals surface area contributed by atoms with Crippen molar-refractivity contribution in [3.63, 3.8) is 0 Å². The zero-order valence-corrected chi connectivity index (χ0v) is 25.7. The molecule has 1 atom stereocenters. The molecule has 43 heavy (non-hydrogen) atoms. The van der Waals surface area contributed by atoms with Crippen LogP contribution in [0.3, 0.4) is 0 Å². The molecule has 4 aromatic rings. The van der Waals surface area contributed by atoms with E-state index in [1.807, 2.05) is 38.1 Å². The van der Waals surface area contributed by atoms with Crippen molar-refractivity contribution in [1.82, 2.24) is 19.9 Å². The number of pyridine rings is 1. The maximum atomic E-state index is 14.1. The van der Waals surface area contributed by atoms with E-state index in [2.05, 4.69) is 33.5 Å². The van der Waals surface area contributed by atoms with Crippen LogP contribution >= 0.6 is 0 Å². The minimum Gasteiger partial charge on any atom is -0.481 e. The Labute approximate surface area is 252 Å². The molecule has 0 saturated heterocycles. The van der Waals surface area contributed by atoms with Gasteiger partial charge in [0.2, 0.25) is 17.7 Å². The average molecular weight is 602 g/mol. The van der Waals surface area contributed by atoms with Gasteiger partial charge in [0.15, 0.2) is 0 Å². The molecule has 1 amide bonds. The highest BCUT2D eigenvalue weighted by Gasteiger charge is 2.29. The molecule has 0 radical (unpaired) electrons. The van der Waals surface area contributed by atoms with Gasteiger partial charge < -0.3 is 14.4 Å². The number of amides is 1. The van der Waals surface area contributed by atoms with E-state index in [1.165, 1.54) is 12.1 Å². The molecular formula is C32H35N5O5S. The second-order valence-electron chi connectivity index (χ2n) is 11.1. The number of sulfonamides is 1. The number of nitrogens with zero attached hydrogens (tertiary/aromatic N) is 4. The number of nitrogens with one attached hydrogen (secondary N) is 1. The fourth-order valence-corrected chi connectivity index (χ4v) is 6.22. The van der Waals surface area contributed by atoms with Crippen LogP contribution in [0.5, 0.6) is 11.8 Å². The van der Waals surface area contributed by atoms with E-state index in [-0.39, 0.29) is 53.3 Å². The predicted octanol–water partition coefficient (Wildman–Crippen LogP) is 5.41. The minimum atomic E-state index is -4.14. The molecule has 1 aliphatic rings. The lowest BCUT2D eigenvalue weighted by Gasteiger charge is -2.33. The lowest BCUT2D eigenvalue weighted by molar-refractivity contribution is 0.0553. The molecule has 0 saturated carbocycles. The second kappa shape index (κ2) is 12.4. The van der Waals surface area contributed by atoms with E-state index in [9.17, 15) is 13.2 Å². The molecule has 0 fully saturated rings. The number of anilines is 1. The number of rotatable bonds is 6. The SMILES string of the molecule is COc1ccc(CN2C(=O)c3cccc(c3)S(=O)(=O)Nc3nc(cc(-c4c(C)cccc4C)n3)OC[C@H]2CC(C)C)cn1. The molecule has 2 aromatic heterocycles. The van der Waals surface area contributed by atoms with Gasteiger partial charge in [-0.2, -0.15) is 4.98 Å². The molecule has 4 bridgehead atoms. The highest BCUT2D eigenvalue weighted by atomic mass is 32.2. The van der Waals surface area contributed by atoms with Crippen LogP contribution in [0.2, 0.25) is 0 Å². The van der Waals surface area contributed by atoms with E-state index < -0.39 is 10.0 Å². The number of hydrogen-bond donors (Lipinski definition) is 1. The third-order valence-corrected chi connectivity index (χ3v) is 8.61. The molecular weight excluding hydrogens is 566 g/mol. The predicted molar refractivity (Wildman–Crippen MR) is 164 cm³/mol. The first-order valence-corrected chi connectivity index (χ1v) is 15.5. The van der Waals surface area contributed by atoms with E-state index >= 15 is 0 Å². The highest BCUT2D eigenvalue weighted by Crippen LogP contribution is 2.30. The Kier molecular flexibility index (Phi) is 8.63. The highest BCUT2D eigenvalue weighted by molar-refractivity contribution is 7.92. The summed E-state index contributed by atoms with van der Waals surface area (Å²) in [6.07, 6.45) is 2.30. The van der Waals surface area contributed by atoms with Crippen LogP contribution in [-0.4, -0.2) is 53.9 Å². The molecule has 2 aromatic carbocycles. The van der Waals surface area contributed by atoms with Crippen molar-refractivity contribution < 1.29 is 22.7 Å². The zero-order valence-electron chi connectivity index (χ0n) is 24.9. The molecule has 224 valence electrons. The first-order chi connectivity index (χ1) is 20.5. The molecule has 0 aliphatic carbocycles. The number of aryl methyl sites for hydroxylation is 2. The van der Waals surface area contributed by atoms with E-state index in [4.69, 9.17) is 9.47 Å². The fourth-order valence-electron chi connectivity index (χ4n) is 5.23. The number of fused-ring (bicyclic) bond motifs is 4. The van der Waals surface area contributed by atoms with E-state index in [0.29, 0.717) is 18.0 Å². The summed E-state index contributed by atoms with van der Waals surface area (Å²) in [5, 5.41) is 0. The smallest absolute Gasteiger partial charge is 0.264 e. The summed E-state index contributed by atoms with van der Waals surface area (Å²) in [6.45, 7) is 8.46. The van der Waals surface area contributed by atoms with Crippen LogP contribution in [0, 0.1) is 19.8 Å². The van der Waals surface area contributed by atoms with E-state index in [1.54, 1.807) is 42.5 Å². The van der Waals surface area contributed by atoms with Crippen LogP contribution < -0.4 is 14.2 Å². The topological polar surface area (TPSA) is 124 Å². The van der Waals surface area contributed by atoms with Crippen molar-refractivity contribution >= 4 is 21.9 Å². The number of carbonyl (C=O) groups excluding carboxylic acids is 1. The minimum absolute atomic E-state index is 0.0763. The van der Waals surface area contributed by atoms with Crippen LogP contribution in [0.25, 0.3) is 11.3 Å². The quantitative estimate of drug-likeness (QED) is 0.311. The third kappa shape index (κ3) is 6.77. The Hall–Kier alpha value is -4.51. The molecule has 3 heterocycles. The summed E-state index contributed by atoms with van der Waals surface area (Å²) in [4.78, 5) is 29.1. The van der Waals surface area contributed by atoms with Gasteiger partial charge in [-0.1, -0.05) is 44.2 Å². The second-order valence-corrected chi connectivity index (χ2v) is 12.7. The van der Waals surface area contributed by atoms with Gasteiger partial charge in [0.25, 0.3) is 15.9 Å². The molecule has 5 rings (SSSR count). The summed E-state index contributed by atoms with van der Waals surface area (Å²) in [6, 6.07) is 16.8. The van der Waals surface area contributed by atoms with Crippen LogP contribution in [0.1, 0.15) is 47.3 Å². The van der Waals surface area contributed by atoms with Crippen LogP contribution in [0.15, 0.2) is 71.8 Å². The Morgan fingerprint density at radius 2 is 1.79 bits per heavy atom. The number of methoxy groups -OCH3 is 1. The molecule has 1 N–H and O–H groups in total. The van der Waals surface area contributed by atoms with E-state index in [0.717, 1.165) is 22.3 Å². The lowest BCUT2D eigenvalue weighted by atomic mass is 10.00. The summed E-state index contributed by atoms with van der Waals surface area (Å²) < 4.78 is 41.0. The van der Waals surface area contributed by atoms with Crippen molar-refractivity contribution in [1.29, 1.82) is 0 Å². The van der Waals surface area contributed by atoms with Crippen LogP contribution in [-0.2, 0) is 16.6 Å². The average Bonchev–Trinajstić information content (AvgIpc) is 2.97. The third-order valence-electron chi connectivity index (χ3n) is 7.29. The van der Waals surface area contributed by atoms with Gasteiger partial charge in [-0.25, -0.2) is 23.1 Å². The van der Waals surface area contributed by atoms with Crippen molar-refractivity contribution in [3.05, 3.63) is 89.1 Å². The molecule has 0 spiro atoms. The van der Waals surface area contributed by atoms with Gasteiger partial charge in [0.05, 0.1) is 23.7 Å². The first-order valence-electron chi connectivity index (χ1n) is 14.1. The number of hydrogen-bond acceptors (Lipinski definition) is 8. The van der Waals surface area contributed by atoms with Gasteiger partial charge in [-0.15, -0.1) is 0 Å². The number of benzene rings is 2. The lowest BCUT2D eigenvalue weighted by Crippen LogP contribution is -2.44. The van der Waals surface area contributed by atoms with Gasteiger partial charge in [-0.05, 0) is 61.1 Å². The van der Waals surface area contributed by atoms with Gasteiger partial charge in [0.1, 0.15) is 6.61 Å². The Bertz CT molecular complexity index is 1720. The number of aromatic nitrogens is 3. The largest absolute Gasteiger partial charge is 0.481 e. The Morgan fingerprint density at radius 3 is 2.47 bits per heavy atom. The maximum absolute atomic E-state index is 14.1. The van der Waals surface area contributed by atoms with Gasteiger partial charge in [0, 0.05) is 36.0 Å². The van der Waals surface area contributed by atoms with Gasteiger partial charge in [-0.3, -0.25) is 4.79 Å². The zero-order chi connectivity index (χ0) is 30.7. The standard InChI is InChI=1S/C32H35N5O5S/c1-20(2)14-25-19-42-29-16-27(30-21(3)8-6-9-22(30)4)34-32(35-29)36-43(39,40)26-11-7-10-24(15-26)31(38)37(25)18-23-12-13-28(41-5)33-17-23/h6-13,15-17,20,25H,14,18-19H2,1-5H3,(H,34,35,36)/t25-/m1/s1. The maximum Gasteiger partial charge on any atom is 0.264 e. The molecule has 1 aliphatic heterocycles. The van der Waals surface area contributed by atoms with Crippen molar-refractivity contribution in [2.45, 2.75) is 51.6 Å². The normalized spacial score (nSPS) is 16.4. The Morgan fingerprint density at radius 1 is 1.05 bits per heavy atom. The Balaban J connectivity index is 1.65. The van der Waals surface area contributed by atoms with Crippen molar-refractivity contribution in [2.24, 2.45) is 5.92 Å². The summed E-state index contributed by atoms with van der Waals surface area (Å²) in [7, 11) is -2.60. The van der Waals surface area contributed by atoms with Crippen LogP contribution in [0.4, 0.5) is 5.95 Å². The molecule has 0 unspecified atom stereocenters. The van der Waals surface area contributed by atoms with Gasteiger partial charge >= 0.3 is 0 Å². The number of carbonyl (C=O) groups is 1. The fraction of sp³-hybridized carbons (Fsp3) is 0.312. The van der Waals surface area contributed by atoms with Crippen molar-refractivity contribution in [3.8, 4) is 23.0 Å². The molecule has 10 nitrogen and oxygen atoms in total. The molecule has 11 heteroatoms.